The monoisotopic (exact) mass is 699 g/mol. The summed E-state index contributed by atoms with van der Waals surface area (Å²) in [6, 6.07) is 1.29. The zero-order valence-corrected chi connectivity index (χ0v) is 25.7. The number of aliphatic carboxylic acids is 2. The van der Waals surface area contributed by atoms with Gasteiger partial charge in [0.15, 0.2) is 27.8 Å². The Balaban J connectivity index is 1.34. The maximum atomic E-state index is 13.1. The van der Waals surface area contributed by atoms with E-state index >= 15 is 0 Å². The highest BCUT2D eigenvalue weighted by molar-refractivity contribution is 8.02. The summed E-state index contributed by atoms with van der Waals surface area (Å²) in [6.07, 6.45) is 0. The number of phenolic OH excluding ortho intramolecular Hbond substituents is 2. The first kappa shape index (κ1) is 31.4. The molecule has 15 nitrogen and oxygen atoms in total. The number of carboxylic acid groups (broad SMARTS) is 2. The van der Waals surface area contributed by atoms with Crippen LogP contribution in [0.3, 0.4) is 0 Å². The number of phenols is 2. The van der Waals surface area contributed by atoms with E-state index in [1.807, 2.05) is 0 Å². The first-order chi connectivity index (χ1) is 20.9. The summed E-state index contributed by atoms with van der Waals surface area (Å²) in [6.45, 7) is -0.840. The van der Waals surface area contributed by atoms with E-state index in [1.165, 1.54) is 23.2 Å². The molecule has 0 unspecified atom stereocenters. The molecule has 1 aromatic carbocycles. The molecule has 0 aliphatic carbocycles. The van der Waals surface area contributed by atoms with Crippen LogP contribution in [0.4, 0.5) is 5.13 Å². The SMILES string of the molecule is Nc1nc(/C(=N\OCC(=O)O)C(=O)N[C@@H]2C(=O)N3C(C(=O)O)=C(CSc4cc(=O)c5cc(O)c(O)c(Cl)c5s4)CS[C@H]23)cs1. The largest absolute Gasteiger partial charge is 0.504 e. The van der Waals surface area contributed by atoms with Crippen molar-refractivity contribution in [3.05, 3.63) is 49.7 Å². The summed E-state index contributed by atoms with van der Waals surface area (Å²) in [5, 5.41) is 45.2. The van der Waals surface area contributed by atoms with Crippen LogP contribution >= 0.6 is 57.8 Å². The van der Waals surface area contributed by atoms with Gasteiger partial charge in [-0.2, -0.15) is 0 Å². The topological polar surface area (TPSA) is 242 Å². The smallest absolute Gasteiger partial charge is 0.352 e. The van der Waals surface area contributed by atoms with Gasteiger partial charge in [0.25, 0.3) is 11.8 Å². The van der Waals surface area contributed by atoms with Crippen LogP contribution in [0.25, 0.3) is 10.1 Å². The summed E-state index contributed by atoms with van der Waals surface area (Å²) in [5.74, 6) is -5.14. The Morgan fingerprint density at radius 3 is 2.66 bits per heavy atom. The Hall–Kier alpha value is -4.04. The number of carbonyl (C=O) groups excluding carboxylic acids is 2. The van der Waals surface area contributed by atoms with Crippen molar-refractivity contribution in [3.8, 4) is 11.5 Å². The molecule has 0 bridgehead atoms. The Kier molecular flexibility index (Phi) is 8.93. The molecule has 0 spiro atoms. The van der Waals surface area contributed by atoms with Crippen LogP contribution in [0.1, 0.15) is 5.69 Å². The number of thiazole rings is 1. The molecule has 7 N–H and O–H groups in total. The predicted molar refractivity (Wildman–Crippen MR) is 163 cm³/mol. The summed E-state index contributed by atoms with van der Waals surface area (Å²) >= 11 is 10.5. The fraction of sp³-hybridized carbons (Fsp3) is 0.208. The molecule has 2 aliphatic heterocycles. The number of aromatic hydroxyl groups is 2. The van der Waals surface area contributed by atoms with Gasteiger partial charge in [0.2, 0.25) is 6.61 Å². The molecular formula is C24H18ClN5O10S4. The molecule has 0 radical (unpaired) electrons. The highest BCUT2D eigenvalue weighted by atomic mass is 35.5. The second-order valence-electron chi connectivity index (χ2n) is 8.95. The highest BCUT2D eigenvalue weighted by Crippen LogP contribution is 2.44. The lowest BCUT2D eigenvalue weighted by Crippen LogP contribution is -2.71. The normalized spacial score (nSPS) is 18.2. The van der Waals surface area contributed by atoms with Crippen LogP contribution in [-0.2, 0) is 24.0 Å². The van der Waals surface area contributed by atoms with Crippen molar-refractivity contribution >= 4 is 102 Å². The van der Waals surface area contributed by atoms with Crippen LogP contribution < -0.4 is 16.5 Å². The van der Waals surface area contributed by atoms with Gasteiger partial charge in [0, 0.05) is 28.3 Å². The first-order valence-corrected chi connectivity index (χ1v) is 16.1. The molecule has 3 aromatic rings. The molecule has 230 valence electrons. The number of hydrogen-bond donors (Lipinski definition) is 6. The number of β-lactam (4-membered cyclic amide) rings is 1. The third kappa shape index (κ3) is 6.00. The second-order valence-corrected chi connectivity index (χ2v) is 13.7. The van der Waals surface area contributed by atoms with Crippen molar-refractivity contribution in [3.63, 3.8) is 0 Å². The number of nitrogens with zero attached hydrogens (tertiary/aromatic N) is 3. The van der Waals surface area contributed by atoms with E-state index in [0.29, 0.717) is 9.78 Å². The van der Waals surface area contributed by atoms with Crippen molar-refractivity contribution in [1.29, 1.82) is 0 Å². The number of nitrogens with two attached hydrogens (primary N) is 1. The quantitative estimate of drug-likeness (QED) is 0.0580. The number of halogens is 1. The maximum Gasteiger partial charge on any atom is 0.352 e. The number of benzene rings is 1. The van der Waals surface area contributed by atoms with Gasteiger partial charge in [-0.3, -0.25) is 19.3 Å². The highest BCUT2D eigenvalue weighted by Gasteiger charge is 2.54. The minimum atomic E-state index is -1.36. The zero-order chi connectivity index (χ0) is 31.9. The van der Waals surface area contributed by atoms with Crippen molar-refractivity contribution in [2.75, 3.05) is 23.8 Å². The van der Waals surface area contributed by atoms with E-state index in [2.05, 4.69) is 15.5 Å². The van der Waals surface area contributed by atoms with E-state index in [1.54, 1.807) is 0 Å². The van der Waals surface area contributed by atoms with Gasteiger partial charge in [-0.15, -0.1) is 46.2 Å². The summed E-state index contributed by atoms with van der Waals surface area (Å²) in [7, 11) is 0. The van der Waals surface area contributed by atoms with Crippen molar-refractivity contribution in [1.82, 2.24) is 15.2 Å². The molecule has 44 heavy (non-hydrogen) atoms. The molecule has 2 aromatic heterocycles. The Morgan fingerprint density at radius 2 is 2.00 bits per heavy atom. The van der Waals surface area contributed by atoms with Gasteiger partial charge in [-0.25, -0.2) is 14.6 Å². The Bertz CT molecular complexity index is 1860. The Labute approximate surface area is 267 Å². The number of oxime groups is 1. The number of aromatic nitrogens is 1. The second kappa shape index (κ2) is 12.5. The van der Waals surface area contributed by atoms with Crippen LogP contribution in [-0.4, -0.2) is 89.3 Å². The van der Waals surface area contributed by atoms with Gasteiger partial charge >= 0.3 is 11.9 Å². The molecule has 2 aliphatic rings. The number of carbonyl (C=O) groups is 4. The Morgan fingerprint density at radius 1 is 1.25 bits per heavy atom. The van der Waals surface area contributed by atoms with E-state index in [0.717, 1.165) is 45.4 Å². The predicted octanol–water partition coefficient (Wildman–Crippen LogP) is 1.70. The third-order valence-corrected chi connectivity index (χ3v) is 11.1. The number of amides is 2. The lowest BCUT2D eigenvalue weighted by Gasteiger charge is -2.49. The molecule has 4 heterocycles. The summed E-state index contributed by atoms with van der Waals surface area (Å²) < 4.78 is 0.703. The van der Waals surface area contributed by atoms with Crippen LogP contribution in [0.15, 0.2) is 42.9 Å². The van der Waals surface area contributed by atoms with Crippen molar-refractivity contribution < 1.29 is 44.4 Å². The number of thioether (sulfide) groups is 2. The fourth-order valence-electron chi connectivity index (χ4n) is 4.19. The maximum absolute atomic E-state index is 13.1. The molecule has 1 fully saturated rings. The minimum absolute atomic E-state index is 0.00922. The van der Waals surface area contributed by atoms with Crippen LogP contribution in [0.2, 0.25) is 5.02 Å². The first-order valence-electron chi connectivity index (χ1n) is 12.0. The van der Waals surface area contributed by atoms with Gasteiger partial charge < -0.3 is 36.3 Å². The average Bonchev–Trinajstić information content (AvgIpc) is 3.41. The number of anilines is 1. The number of nitrogen functional groups attached to an aromatic ring is 1. The number of nitrogens with one attached hydrogen (secondary N) is 1. The average molecular weight is 700 g/mol. The zero-order valence-electron chi connectivity index (χ0n) is 21.7. The van der Waals surface area contributed by atoms with Crippen molar-refractivity contribution in [2.24, 2.45) is 5.16 Å². The summed E-state index contributed by atoms with van der Waals surface area (Å²) in [5.41, 5.74) is 4.88. The van der Waals surface area contributed by atoms with Crippen LogP contribution in [0.5, 0.6) is 11.5 Å². The molecule has 1 saturated heterocycles. The molecule has 0 saturated carbocycles. The molecule has 2 amide bonds. The summed E-state index contributed by atoms with van der Waals surface area (Å²) in [4.78, 5) is 71.6. The third-order valence-electron chi connectivity index (χ3n) is 6.14. The van der Waals surface area contributed by atoms with E-state index in [9.17, 15) is 39.3 Å². The minimum Gasteiger partial charge on any atom is -0.504 e. The lowest BCUT2D eigenvalue weighted by atomic mass is 10.0. The molecular weight excluding hydrogens is 682 g/mol. The van der Waals surface area contributed by atoms with E-state index in [-0.39, 0.29) is 43.1 Å². The van der Waals surface area contributed by atoms with E-state index in [4.69, 9.17) is 27.3 Å². The standard InChI is InChI=1S/C24H18ClN5O10S4/c25-14-18(35)11(32)1-8-10(31)2-13(44-19(8)14)41-4-7-5-42-22-16(21(37)30(22)17(7)23(38)39)28-20(36)15(29-40-3-12(33)34)9-6-43-24(26)27-9/h1-2,6,16,22,32,35H,3-5H2,(H2,26,27)(H,28,36)(H,33,34)(H,38,39)/b29-15+/t16-,22-/m1/s1. The van der Waals surface area contributed by atoms with Gasteiger partial charge in [0.1, 0.15) is 27.8 Å². The number of hydrogen-bond acceptors (Lipinski definition) is 15. The van der Waals surface area contributed by atoms with E-state index < -0.39 is 64.4 Å². The molecule has 2 atom stereocenters. The number of carboxylic acids is 2. The van der Waals surface area contributed by atoms with Gasteiger partial charge in [0.05, 0.1) is 8.91 Å². The lowest BCUT2D eigenvalue weighted by molar-refractivity contribution is -0.150. The molecule has 20 heteroatoms. The van der Waals surface area contributed by atoms with Crippen molar-refractivity contribution in [2.45, 2.75) is 15.6 Å². The van der Waals surface area contributed by atoms with Gasteiger partial charge in [-0.05, 0) is 11.6 Å². The van der Waals surface area contributed by atoms with Gasteiger partial charge in [-0.1, -0.05) is 16.8 Å². The number of rotatable bonds is 10. The number of fused-ring (bicyclic) bond motifs is 2. The fourth-order valence-corrected chi connectivity index (χ4v) is 8.76. The molecule has 5 rings (SSSR count). The van der Waals surface area contributed by atoms with Crippen LogP contribution in [0, 0.1) is 0 Å².